The first-order valence-electron chi connectivity index (χ1n) is 12.0. The molecule has 1 saturated heterocycles. The number of alkyl halides is 3. The second kappa shape index (κ2) is 12.6. The van der Waals surface area contributed by atoms with Crippen molar-refractivity contribution in [3.8, 4) is 11.5 Å². The molecule has 194 valence electrons. The van der Waals surface area contributed by atoms with Gasteiger partial charge in [-0.1, -0.05) is 37.1 Å². The van der Waals surface area contributed by atoms with Crippen molar-refractivity contribution < 1.29 is 37.7 Å². The molecule has 1 aliphatic rings. The van der Waals surface area contributed by atoms with Gasteiger partial charge in [-0.25, -0.2) is 0 Å². The van der Waals surface area contributed by atoms with E-state index in [1.165, 1.54) is 12.1 Å². The van der Waals surface area contributed by atoms with Gasteiger partial charge in [-0.15, -0.1) is 0 Å². The molecule has 0 bridgehead atoms. The molecule has 0 saturated carbocycles. The zero-order valence-electron chi connectivity index (χ0n) is 19.8. The summed E-state index contributed by atoms with van der Waals surface area (Å²) in [5, 5.41) is 19.3. The number of benzene rings is 2. The number of nitrogens with zero attached hydrogens (tertiary/aromatic N) is 1. The Morgan fingerprint density at radius 3 is 2.50 bits per heavy atom. The van der Waals surface area contributed by atoms with Gasteiger partial charge in [0.25, 0.3) is 0 Å². The van der Waals surface area contributed by atoms with Crippen molar-refractivity contribution in [2.45, 2.75) is 63.3 Å². The molecule has 0 radical (unpaired) electrons. The molecule has 0 aromatic heterocycles. The van der Waals surface area contributed by atoms with Crippen molar-refractivity contribution in [1.82, 2.24) is 4.90 Å². The molecule has 2 aromatic rings. The number of carboxylic acid groups (broad SMARTS) is 1. The largest absolute Gasteiger partial charge is 0.481 e. The maximum absolute atomic E-state index is 12.7. The average molecular weight is 506 g/mol. The summed E-state index contributed by atoms with van der Waals surface area (Å²) in [6.45, 7) is 0.591. The minimum atomic E-state index is -4.42. The first-order chi connectivity index (χ1) is 17.1. The van der Waals surface area contributed by atoms with Crippen LogP contribution in [-0.4, -0.2) is 39.6 Å². The van der Waals surface area contributed by atoms with Crippen LogP contribution in [0.2, 0.25) is 0 Å². The van der Waals surface area contributed by atoms with Crippen LogP contribution < -0.4 is 4.74 Å². The average Bonchev–Trinajstić information content (AvgIpc) is 3.18. The Morgan fingerprint density at radius 1 is 1.08 bits per heavy atom. The fourth-order valence-electron chi connectivity index (χ4n) is 4.11. The Labute approximate surface area is 208 Å². The standard InChI is InChI=1S/C27H30F3NO5/c28-27(29,30)20-9-13-22(14-10-20)36-23-7-5-6-19(18-23)24(32)15-11-21-12-16-25(33)31(21)17-4-2-1-3-8-26(34)35/h5-7,9-11,13-15,18,21,24,32H,1-4,8,12,16-17H2,(H,34,35)/t21-,24?/m0/s1. The lowest BCUT2D eigenvalue weighted by atomic mass is 10.1. The number of carbonyl (C=O) groups excluding carboxylic acids is 1. The molecule has 0 spiro atoms. The minimum Gasteiger partial charge on any atom is -0.481 e. The smallest absolute Gasteiger partial charge is 0.416 e. The number of hydrogen-bond acceptors (Lipinski definition) is 4. The van der Waals surface area contributed by atoms with Crippen molar-refractivity contribution in [3.63, 3.8) is 0 Å². The van der Waals surface area contributed by atoms with Crippen LogP contribution in [0.3, 0.4) is 0 Å². The molecule has 2 N–H and O–H groups in total. The van der Waals surface area contributed by atoms with Crippen LogP contribution in [0.1, 0.15) is 62.2 Å². The van der Waals surface area contributed by atoms with E-state index in [1.54, 1.807) is 35.2 Å². The highest BCUT2D eigenvalue weighted by Gasteiger charge is 2.30. The van der Waals surface area contributed by atoms with Gasteiger partial charge in [0.1, 0.15) is 11.5 Å². The number of rotatable bonds is 12. The van der Waals surface area contributed by atoms with Gasteiger partial charge >= 0.3 is 12.1 Å². The van der Waals surface area contributed by atoms with Crippen molar-refractivity contribution in [3.05, 3.63) is 71.8 Å². The van der Waals surface area contributed by atoms with Gasteiger partial charge in [-0.05, 0) is 61.2 Å². The minimum absolute atomic E-state index is 0.0663. The summed E-state index contributed by atoms with van der Waals surface area (Å²) < 4.78 is 43.8. The number of carbonyl (C=O) groups is 2. The van der Waals surface area contributed by atoms with Gasteiger partial charge in [0.15, 0.2) is 0 Å². The van der Waals surface area contributed by atoms with Gasteiger partial charge in [0, 0.05) is 19.4 Å². The van der Waals surface area contributed by atoms with E-state index in [1.807, 2.05) is 6.08 Å². The third kappa shape index (κ3) is 8.12. The van der Waals surface area contributed by atoms with E-state index >= 15 is 0 Å². The highest BCUT2D eigenvalue weighted by atomic mass is 19.4. The van der Waals surface area contributed by atoms with Crippen LogP contribution in [0.5, 0.6) is 11.5 Å². The molecule has 9 heteroatoms. The molecule has 1 amide bonds. The number of unbranched alkanes of at least 4 members (excludes halogenated alkanes) is 3. The van der Waals surface area contributed by atoms with Crippen LogP contribution >= 0.6 is 0 Å². The predicted octanol–water partition coefficient (Wildman–Crippen LogP) is 6.11. The highest BCUT2D eigenvalue weighted by molar-refractivity contribution is 5.79. The zero-order chi connectivity index (χ0) is 26.1. The number of halogens is 3. The van der Waals surface area contributed by atoms with Crippen molar-refractivity contribution >= 4 is 11.9 Å². The summed E-state index contributed by atoms with van der Waals surface area (Å²) in [6, 6.07) is 10.9. The van der Waals surface area contributed by atoms with Gasteiger partial charge < -0.3 is 19.8 Å². The SMILES string of the molecule is O=C(O)CCCCCCN1C(=O)CC[C@@H]1C=CC(O)c1cccc(Oc2ccc(C(F)(F)F)cc2)c1. The lowest BCUT2D eigenvalue weighted by Crippen LogP contribution is -2.32. The quantitative estimate of drug-likeness (QED) is 0.268. The summed E-state index contributed by atoms with van der Waals surface area (Å²) >= 11 is 0. The van der Waals surface area contributed by atoms with Crippen LogP contribution in [0.15, 0.2) is 60.7 Å². The molecular weight excluding hydrogens is 475 g/mol. The molecule has 6 nitrogen and oxygen atoms in total. The number of amides is 1. The second-order valence-electron chi connectivity index (χ2n) is 8.78. The van der Waals surface area contributed by atoms with Crippen molar-refractivity contribution in [1.29, 1.82) is 0 Å². The van der Waals surface area contributed by atoms with Crippen molar-refractivity contribution in [2.24, 2.45) is 0 Å². The van der Waals surface area contributed by atoms with E-state index in [-0.39, 0.29) is 24.1 Å². The number of hydrogen-bond donors (Lipinski definition) is 2. The van der Waals surface area contributed by atoms with Gasteiger partial charge in [0.05, 0.1) is 17.7 Å². The normalized spacial score (nSPS) is 17.1. The van der Waals surface area contributed by atoms with Gasteiger partial charge in [0.2, 0.25) is 5.91 Å². The molecule has 1 heterocycles. The third-order valence-electron chi connectivity index (χ3n) is 6.05. The lowest BCUT2D eigenvalue weighted by molar-refractivity contribution is -0.138. The number of likely N-dealkylation sites (tertiary alicyclic amines) is 1. The van der Waals surface area contributed by atoms with Gasteiger partial charge in [-0.3, -0.25) is 9.59 Å². The maximum atomic E-state index is 12.7. The topological polar surface area (TPSA) is 87.1 Å². The summed E-state index contributed by atoms with van der Waals surface area (Å²) in [4.78, 5) is 24.6. The molecular formula is C27H30F3NO5. The molecule has 2 aromatic carbocycles. The number of carboxylic acids is 1. The van der Waals surface area contributed by atoms with E-state index < -0.39 is 23.8 Å². The molecule has 1 fully saturated rings. The number of aliphatic hydroxyl groups is 1. The van der Waals surface area contributed by atoms with E-state index in [9.17, 15) is 27.9 Å². The summed E-state index contributed by atoms with van der Waals surface area (Å²) in [6.07, 6.45) is 2.42. The summed E-state index contributed by atoms with van der Waals surface area (Å²) in [7, 11) is 0. The van der Waals surface area contributed by atoms with E-state index in [0.29, 0.717) is 37.1 Å². The molecule has 2 atom stereocenters. The lowest BCUT2D eigenvalue weighted by Gasteiger charge is -2.22. The van der Waals surface area contributed by atoms with E-state index in [0.717, 1.165) is 31.4 Å². The molecule has 0 aliphatic carbocycles. The zero-order valence-corrected chi connectivity index (χ0v) is 19.8. The number of aliphatic hydroxyl groups excluding tert-OH is 1. The summed E-state index contributed by atoms with van der Waals surface area (Å²) in [5.41, 5.74) is -0.216. The maximum Gasteiger partial charge on any atom is 0.416 e. The molecule has 3 rings (SSSR count). The van der Waals surface area contributed by atoms with Crippen LogP contribution in [0.25, 0.3) is 0 Å². The number of aliphatic carboxylic acids is 1. The Hall–Kier alpha value is -3.33. The first kappa shape index (κ1) is 27.3. The Morgan fingerprint density at radius 2 is 1.81 bits per heavy atom. The predicted molar refractivity (Wildman–Crippen MR) is 128 cm³/mol. The van der Waals surface area contributed by atoms with Crippen LogP contribution in [0, 0.1) is 0 Å². The van der Waals surface area contributed by atoms with Gasteiger partial charge in [-0.2, -0.15) is 13.2 Å². The summed E-state index contributed by atoms with van der Waals surface area (Å²) in [5.74, 6) is -0.115. The molecule has 1 aliphatic heterocycles. The highest BCUT2D eigenvalue weighted by Crippen LogP contribution is 2.32. The molecule has 1 unspecified atom stereocenters. The first-order valence-corrected chi connectivity index (χ1v) is 12.0. The van der Waals surface area contributed by atoms with E-state index in [4.69, 9.17) is 9.84 Å². The third-order valence-corrected chi connectivity index (χ3v) is 6.05. The Balaban J connectivity index is 1.54. The van der Waals surface area contributed by atoms with Crippen molar-refractivity contribution in [2.75, 3.05) is 6.54 Å². The Bertz CT molecular complexity index is 1050. The van der Waals surface area contributed by atoms with E-state index in [2.05, 4.69) is 0 Å². The number of ether oxygens (including phenoxy) is 1. The second-order valence-corrected chi connectivity index (χ2v) is 8.78. The van der Waals surface area contributed by atoms with Crippen LogP contribution in [0.4, 0.5) is 13.2 Å². The Kier molecular flexibility index (Phi) is 9.52. The monoisotopic (exact) mass is 505 g/mol. The molecule has 36 heavy (non-hydrogen) atoms. The fourth-order valence-corrected chi connectivity index (χ4v) is 4.11. The fraction of sp³-hybridized carbons (Fsp3) is 0.407. The van der Waals surface area contributed by atoms with Crippen LogP contribution in [-0.2, 0) is 15.8 Å².